The molecule has 1 aromatic carbocycles. The summed E-state index contributed by atoms with van der Waals surface area (Å²) >= 11 is 0. The van der Waals surface area contributed by atoms with Crippen LogP contribution in [0.15, 0.2) is 54.9 Å². The van der Waals surface area contributed by atoms with E-state index in [2.05, 4.69) is 4.98 Å². The number of hydrogen-bond donors (Lipinski definition) is 0. The van der Waals surface area contributed by atoms with Crippen molar-refractivity contribution in [3.63, 3.8) is 0 Å². The molecule has 2 heterocycles. The maximum Gasteiger partial charge on any atom is 0.341 e. The van der Waals surface area contributed by atoms with Gasteiger partial charge in [-0.1, -0.05) is 30.3 Å². The Morgan fingerprint density at radius 3 is 2.82 bits per heavy atom. The Labute approximate surface area is 128 Å². The first-order valence-electron chi connectivity index (χ1n) is 7.15. The zero-order valence-electron chi connectivity index (χ0n) is 12.3. The number of ether oxygens (including phenoxy) is 1. The van der Waals surface area contributed by atoms with Gasteiger partial charge >= 0.3 is 5.97 Å². The van der Waals surface area contributed by atoms with Crippen molar-refractivity contribution in [2.75, 3.05) is 6.61 Å². The second-order valence-corrected chi connectivity index (χ2v) is 4.77. The SMILES string of the molecule is CCOC(=O)c1cn(C=Cc2ccccc2)c2cccnc12. The van der Waals surface area contributed by atoms with E-state index in [1.807, 2.05) is 59.3 Å². The largest absolute Gasteiger partial charge is 0.462 e. The van der Waals surface area contributed by atoms with Gasteiger partial charge in [-0.25, -0.2) is 4.79 Å². The molecule has 0 unspecified atom stereocenters. The molecule has 0 saturated heterocycles. The lowest BCUT2D eigenvalue weighted by Crippen LogP contribution is -2.04. The van der Waals surface area contributed by atoms with Gasteiger partial charge in [0.25, 0.3) is 0 Å². The molecule has 4 nitrogen and oxygen atoms in total. The Morgan fingerprint density at radius 2 is 2.05 bits per heavy atom. The number of pyridine rings is 1. The molecule has 0 amide bonds. The third-order valence-electron chi connectivity index (χ3n) is 3.31. The van der Waals surface area contributed by atoms with E-state index in [9.17, 15) is 4.79 Å². The number of aromatic nitrogens is 2. The second kappa shape index (κ2) is 6.26. The molecule has 0 fully saturated rings. The fourth-order valence-electron chi connectivity index (χ4n) is 2.29. The van der Waals surface area contributed by atoms with Gasteiger partial charge in [0.15, 0.2) is 0 Å². The molecule has 0 bridgehead atoms. The molecule has 3 aromatic rings. The van der Waals surface area contributed by atoms with E-state index in [-0.39, 0.29) is 5.97 Å². The first kappa shape index (κ1) is 14.1. The van der Waals surface area contributed by atoms with Crippen LogP contribution in [-0.4, -0.2) is 22.1 Å². The molecule has 0 aliphatic heterocycles. The normalized spacial score (nSPS) is 11.1. The molecular weight excluding hydrogens is 276 g/mol. The van der Waals surface area contributed by atoms with Crippen molar-refractivity contribution in [3.8, 4) is 0 Å². The van der Waals surface area contributed by atoms with Crippen LogP contribution in [0.5, 0.6) is 0 Å². The quantitative estimate of drug-likeness (QED) is 0.686. The van der Waals surface area contributed by atoms with Crippen molar-refractivity contribution in [1.82, 2.24) is 9.55 Å². The van der Waals surface area contributed by atoms with Crippen LogP contribution in [-0.2, 0) is 4.74 Å². The van der Waals surface area contributed by atoms with Gasteiger partial charge in [-0.05, 0) is 30.7 Å². The molecule has 3 rings (SSSR count). The maximum absolute atomic E-state index is 12.0. The fraction of sp³-hybridized carbons (Fsp3) is 0.111. The van der Waals surface area contributed by atoms with Crippen molar-refractivity contribution in [2.45, 2.75) is 6.92 Å². The summed E-state index contributed by atoms with van der Waals surface area (Å²) in [6, 6.07) is 13.8. The van der Waals surface area contributed by atoms with Gasteiger partial charge in [-0.2, -0.15) is 0 Å². The first-order chi connectivity index (χ1) is 10.8. The predicted octanol–water partition coefficient (Wildman–Crippen LogP) is 3.84. The number of nitrogens with zero attached hydrogens (tertiary/aromatic N) is 2. The van der Waals surface area contributed by atoms with Crippen molar-refractivity contribution < 1.29 is 9.53 Å². The maximum atomic E-state index is 12.0. The van der Waals surface area contributed by atoms with Crippen LogP contribution >= 0.6 is 0 Å². The number of benzene rings is 1. The van der Waals surface area contributed by atoms with Crippen LogP contribution in [0.3, 0.4) is 0 Å². The van der Waals surface area contributed by atoms with E-state index in [0.29, 0.717) is 17.7 Å². The zero-order valence-corrected chi connectivity index (χ0v) is 12.3. The molecule has 4 heteroatoms. The third kappa shape index (κ3) is 2.76. The lowest BCUT2D eigenvalue weighted by atomic mass is 10.2. The number of carbonyl (C=O) groups excluding carboxylic acids is 1. The summed E-state index contributed by atoms with van der Waals surface area (Å²) in [6.45, 7) is 2.14. The Balaban J connectivity index is 2.03. The highest BCUT2D eigenvalue weighted by molar-refractivity contribution is 6.03. The summed E-state index contributed by atoms with van der Waals surface area (Å²) in [7, 11) is 0. The van der Waals surface area contributed by atoms with E-state index in [0.717, 1.165) is 11.1 Å². The summed E-state index contributed by atoms with van der Waals surface area (Å²) in [5, 5.41) is 0. The van der Waals surface area contributed by atoms with Gasteiger partial charge < -0.3 is 9.30 Å². The molecule has 0 aliphatic carbocycles. The fourth-order valence-corrected chi connectivity index (χ4v) is 2.29. The molecule has 0 aliphatic rings. The summed E-state index contributed by atoms with van der Waals surface area (Å²) in [4.78, 5) is 16.4. The minimum Gasteiger partial charge on any atom is -0.462 e. The second-order valence-electron chi connectivity index (χ2n) is 4.77. The van der Waals surface area contributed by atoms with Crippen LogP contribution in [0.2, 0.25) is 0 Å². The Hall–Kier alpha value is -2.88. The summed E-state index contributed by atoms with van der Waals surface area (Å²) in [5.74, 6) is -0.349. The predicted molar refractivity (Wildman–Crippen MR) is 87.4 cm³/mol. The van der Waals surface area contributed by atoms with Crippen molar-refractivity contribution >= 4 is 29.3 Å². The average Bonchev–Trinajstić information content (AvgIpc) is 2.93. The number of carbonyl (C=O) groups is 1. The van der Waals surface area contributed by atoms with Gasteiger partial charge in [-0.3, -0.25) is 4.98 Å². The number of rotatable bonds is 4. The topological polar surface area (TPSA) is 44.1 Å². The molecular formula is C18H16N2O2. The van der Waals surface area contributed by atoms with Crippen molar-refractivity contribution in [2.24, 2.45) is 0 Å². The highest BCUT2D eigenvalue weighted by atomic mass is 16.5. The molecule has 0 radical (unpaired) electrons. The van der Waals surface area contributed by atoms with Crippen LogP contribution in [0, 0.1) is 0 Å². The smallest absolute Gasteiger partial charge is 0.341 e. The van der Waals surface area contributed by atoms with Gasteiger partial charge in [-0.15, -0.1) is 0 Å². The highest BCUT2D eigenvalue weighted by Crippen LogP contribution is 2.20. The van der Waals surface area contributed by atoms with E-state index in [1.165, 1.54) is 0 Å². The van der Waals surface area contributed by atoms with E-state index >= 15 is 0 Å². The van der Waals surface area contributed by atoms with Crippen LogP contribution in [0.25, 0.3) is 23.3 Å². The van der Waals surface area contributed by atoms with Gasteiger partial charge in [0.2, 0.25) is 0 Å². The summed E-state index contributed by atoms with van der Waals surface area (Å²) in [6.07, 6.45) is 7.34. The average molecular weight is 292 g/mol. The zero-order chi connectivity index (χ0) is 15.4. The highest BCUT2D eigenvalue weighted by Gasteiger charge is 2.16. The number of hydrogen-bond acceptors (Lipinski definition) is 3. The summed E-state index contributed by atoms with van der Waals surface area (Å²) < 4.78 is 6.99. The number of fused-ring (bicyclic) bond motifs is 1. The molecule has 22 heavy (non-hydrogen) atoms. The molecule has 0 atom stereocenters. The standard InChI is InChI=1S/C18H16N2O2/c1-2-22-18(21)15-13-20(16-9-6-11-19-17(15)16)12-10-14-7-4-3-5-8-14/h3-13H,2H2,1H3. The Kier molecular flexibility index (Phi) is 4.01. The first-order valence-corrected chi connectivity index (χ1v) is 7.15. The van der Waals surface area contributed by atoms with Crippen LogP contribution < -0.4 is 0 Å². The number of esters is 1. The third-order valence-corrected chi connectivity index (χ3v) is 3.31. The van der Waals surface area contributed by atoms with E-state index in [1.54, 1.807) is 19.3 Å². The Morgan fingerprint density at radius 1 is 1.23 bits per heavy atom. The van der Waals surface area contributed by atoms with E-state index in [4.69, 9.17) is 4.74 Å². The monoisotopic (exact) mass is 292 g/mol. The lowest BCUT2D eigenvalue weighted by Gasteiger charge is -1.98. The van der Waals surface area contributed by atoms with Gasteiger partial charge in [0.1, 0.15) is 11.1 Å². The van der Waals surface area contributed by atoms with E-state index < -0.39 is 0 Å². The molecule has 0 N–H and O–H groups in total. The molecule has 2 aromatic heterocycles. The Bertz CT molecular complexity index is 819. The molecule has 110 valence electrons. The molecule has 0 saturated carbocycles. The van der Waals surface area contributed by atoms with Gasteiger partial charge in [0, 0.05) is 18.6 Å². The van der Waals surface area contributed by atoms with Crippen molar-refractivity contribution in [3.05, 3.63) is 66.0 Å². The van der Waals surface area contributed by atoms with Crippen LogP contribution in [0.4, 0.5) is 0 Å². The molecule has 0 spiro atoms. The minimum absolute atomic E-state index is 0.345. The van der Waals surface area contributed by atoms with Gasteiger partial charge in [0.05, 0.1) is 12.1 Å². The lowest BCUT2D eigenvalue weighted by molar-refractivity contribution is 0.0528. The van der Waals surface area contributed by atoms with Crippen molar-refractivity contribution in [1.29, 1.82) is 0 Å². The van der Waals surface area contributed by atoms with Crippen LogP contribution in [0.1, 0.15) is 22.8 Å². The summed E-state index contributed by atoms with van der Waals surface area (Å²) in [5.41, 5.74) is 3.09. The minimum atomic E-state index is -0.349.